The van der Waals surface area contributed by atoms with Crippen LogP contribution in [0.4, 0.5) is 5.69 Å². The van der Waals surface area contributed by atoms with Crippen molar-refractivity contribution < 1.29 is 29.0 Å². The van der Waals surface area contributed by atoms with Crippen LogP contribution in [0.15, 0.2) is 48.5 Å². The SMILES string of the molecule is COC(=O)c1cccc(NC(=O)C2CCN(C(=O)COc3ccccc3)CC2)c1O. The molecule has 30 heavy (non-hydrogen) atoms. The lowest BCUT2D eigenvalue weighted by Gasteiger charge is -2.31. The summed E-state index contributed by atoms with van der Waals surface area (Å²) in [4.78, 5) is 38.3. The maximum atomic E-state index is 12.6. The third-order valence-electron chi connectivity index (χ3n) is 5.02. The van der Waals surface area contributed by atoms with E-state index in [0.717, 1.165) is 0 Å². The number of esters is 1. The van der Waals surface area contributed by atoms with Crippen molar-refractivity contribution in [2.45, 2.75) is 12.8 Å². The molecule has 3 rings (SSSR count). The highest BCUT2D eigenvalue weighted by Crippen LogP contribution is 2.29. The number of methoxy groups -OCH3 is 1. The molecule has 1 aliphatic rings. The molecule has 8 nitrogen and oxygen atoms in total. The van der Waals surface area contributed by atoms with Gasteiger partial charge in [-0.3, -0.25) is 9.59 Å². The first-order valence-corrected chi connectivity index (χ1v) is 9.66. The van der Waals surface area contributed by atoms with E-state index in [1.165, 1.54) is 19.2 Å². The van der Waals surface area contributed by atoms with Gasteiger partial charge in [0.15, 0.2) is 12.4 Å². The Morgan fingerprint density at radius 3 is 2.43 bits per heavy atom. The van der Waals surface area contributed by atoms with Crippen molar-refractivity contribution in [1.82, 2.24) is 4.90 Å². The summed E-state index contributed by atoms with van der Waals surface area (Å²) >= 11 is 0. The van der Waals surface area contributed by atoms with Gasteiger partial charge in [0.05, 0.1) is 12.8 Å². The second-order valence-corrected chi connectivity index (χ2v) is 6.94. The van der Waals surface area contributed by atoms with E-state index in [-0.39, 0.29) is 41.3 Å². The third kappa shape index (κ3) is 5.08. The summed E-state index contributed by atoms with van der Waals surface area (Å²) in [6.07, 6.45) is 1.00. The predicted octanol–water partition coefficient (Wildman–Crippen LogP) is 2.43. The Kier molecular flexibility index (Phi) is 6.90. The third-order valence-corrected chi connectivity index (χ3v) is 5.02. The van der Waals surface area contributed by atoms with Crippen LogP contribution in [0, 0.1) is 5.92 Å². The standard InChI is InChI=1S/C22H24N2O6/c1-29-22(28)17-8-5-9-18(20(17)26)23-21(27)15-10-12-24(13-11-15)19(25)14-30-16-6-3-2-4-7-16/h2-9,15,26H,10-14H2,1H3,(H,23,27). The lowest BCUT2D eigenvalue weighted by atomic mass is 9.95. The molecule has 0 radical (unpaired) electrons. The summed E-state index contributed by atoms with van der Waals surface area (Å²) in [5, 5.41) is 12.9. The zero-order valence-electron chi connectivity index (χ0n) is 16.7. The van der Waals surface area contributed by atoms with E-state index in [2.05, 4.69) is 10.1 Å². The quantitative estimate of drug-likeness (QED) is 0.558. The molecule has 8 heteroatoms. The molecule has 2 N–H and O–H groups in total. The summed E-state index contributed by atoms with van der Waals surface area (Å²) in [6, 6.07) is 13.6. The van der Waals surface area contributed by atoms with Gasteiger partial charge in [0.1, 0.15) is 11.3 Å². The first kappa shape index (κ1) is 21.2. The minimum Gasteiger partial charge on any atom is -0.505 e. The van der Waals surface area contributed by atoms with Crippen LogP contribution in [0.5, 0.6) is 11.5 Å². The van der Waals surface area contributed by atoms with E-state index in [0.29, 0.717) is 31.7 Å². The van der Waals surface area contributed by atoms with Crippen LogP contribution in [-0.4, -0.2) is 54.6 Å². The highest BCUT2D eigenvalue weighted by atomic mass is 16.5. The molecule has 0 atom stereocenters. The number of hydrogen-bond acceptors (Lipinski definition) is 6. The summed E-state index contributed by atoms with van der Waals surface area (Å²) in [5.41, 5.74) is 0.131. The predicted molar refractivity (Wildman–Crippen MR) is 109 cm³/mol. The van der Waals surface area contributed by atoms with Crippen molar-refractivity contribution in [2.24, 2.45) is 5.92 Å². The summed E-state index contributed by atoms with van der Waals surface area (Å²) in [6.45, 7) is 0.849. The fourth-order valence-corrected chi connectivity index (χ4v) is 3.30. The molecule has 2 amide bonds. The monoisotopic (exact) mass is 412 g/mol. The summed E-state index contributed by atoms with van der Waals surface area (Å²) in [7, 11) is 1.22. The number of amides is 2. The van der Waals surface area contributed by atoms with E-state index >= 15 is 0 Å². The van der Waals surface area contributed by atoms with E-state index in [4.69, 9.17) is 4.74 Å². The Hall–Kier alpha value is -3.55. The van der Waals surface area contributed by atoms with Crippen molar-refractivity contribution in [2.75, 3.05) is 32.1 Å². The molecule has 2 aromatic carbocycles. The Morgan fingerprint density at radius 1 is 1.07 bits per heavy atom. The molecular weight excluding hydrogens is 388 g/mol. The van der Waals surface area contributed by atoms with Crippen LogP contribution < -0.4 is 10.1 Å². The maximum Gasteiger partial charge on any atom is 0.341 e. The Balaban J connectivity index is 1.51. The minimum atomic E-state index is -0.687. The Labute approximate surface area is 174 Å². The van der Waals surface area contributed by atoms with Crippen molar-refractivity contribution in [3.63, 3.8) is 0 Å². The second kappa shape index (κ2) is 9.78. The number of phenolic OH excluding ortho intramolecular Hbond substituents is 1. The molecule has 0 spiro atoms. The van der Waals surface area contributed by atoms with E-state index in [1.807, 2.05) is 18.2 Å². The second-order valence-electron chi connectivity index (χ2n) is 6.94. The number of carbonyl (C=O) groups excluding carboxylic acids is 3. The van der Waals surface area contributed by atoms with Crippen molar-refractivity contribution in [1.29, 1.82) is 0 Å². The number of aromatic hydroxyl groups is 1. The zero-order valence-corrected chi connectivity index (χ0v) is 16.7. The lowest BCUT2D eigenvalue weighted by Crippen LogP contribution is -2.43. The minimum absolute atomic E-state index is 0.0193. The van der Waals surface area contributed by atoms with Crippen LogP contribution in [-0.2, 0) is 14.3 Å². The molecule has 1 fully saturated rings. The molecule has 1 heterocycles. The number of phenols is 1. The number of anilines is 1. The molecule has 0 aromatic heterocycles. The van der Waals surface area contributed by atoms with Crippen LogP contribution in [0.2, 0.25) is 0 Å². The highest BCUT2D eigenvalue weighted by molar-refractivity contribution is 5.99. The smallest absolute Gasteiger partial charge is 0.341 e. The van der Waals surface area contributed by atoms with Gasteiger partial charge >= 0.3 is 5.97 Å². The number of para-hydroxylation sites is 2. The van der Waals surface area contributed by atoms with Crippen molar-refractivity contribution >= 4 is 23.5 Å². The Bertz CT molecular complexity index is 907. The van der Waals surface area contributed by atoms with Gasteiger partial charge in [0.2, 0.25) is 5.91 Å². The molecule has 158 valence electrons. The number of carbonyl (C=O) groups is 3. The van der Waals surface area contributed by atoms with Gasteiger partial charge in [-0.15, -0.1) is 0 Å². The Morgan fingerprint density at radius 2 is 1.77 bits per heavy atom. The van der Waals surface area contributed by atoms with Gasteiger partial charge in [0.25, 0.3) is 5.91 Å². The van der Waals surface area contributed by atoms with E-state index in [1.54, 1.807) is 23.1 Å². The lowest BCUT2D eigenvalue weighted by molar-refractivity contribution is -0.136. The first-order valence-electron chi connectivity index (χ1n) is 9.66. The molecule has 0 saturated carbocycles. The molecule has 0 bridgehead atoms. The molecule has 2 aromatic rings. The van der Waals surface area contributed by atoms with Gasteiger partial charge in [-0.25, -0.2) is 4.79 Å². The molecule has 1 aliphatic heterocycles. The zero-order chi connectivity index (χ0) is 21.5. The highest BCUT2D eigenvalue weighted by Gasteiger charge is 2.28. The number of ether oxygens (including phenoxy) is 2. The normalized spacial score (nSPS) is 14.1. The average molecular weight is 412 g/mol. The van der Waals surface area contributed by atoms with Crippen LogP contribution >= 0.6 is 0 Å². The number of likely N-dealkylation sites (tertiary alicyclic amines) is 1. The molecule has 1 saturated heterocycles. The van der Waals surface area contributed by atoms with Crippen molar-refractivity contribution in [3.05, 3.63) is 54.1 Å². The number of rotatable bonds is 6. The number of piperidine rings is 1. The average Bonchev–Trinajstić information content (AvgIpc) is 2.79. The number of hydrogen-bond donors (Lipinski definition) is 2. The first-order chi connectivity index (χ1) is 14.5. The van der Waals surface area contributed by atoms with Gasteiger partial charge in [-0.1, -0.05) is 24.3 Å². The molecular formula is C22H24N2O6. The molecule has 0 unspecified atom stereocenters. The van der Waals surface area contributed by atoms with Gasteiger partial charge < -0.3 is 24.8 Å². The van der Waals surface area contributed by atoms with Crippen LogP contribution in [0.25, 0.3) is 0 Å². The van der Waals surface area contributed by atoms with Gasteiger partial charge in [-0.2, -0.15) is 0 Å². The fraction of sp³-hybridized carbons (Fsp3) is 0.318. The summed E-state index contributed by atoms with van der Waals surface area (Å²) in [5.74, 6) is -1.07. The topological polar surface area (TPSA) is 105 Å². The maximum absolute atomic E-state index is 12.6. The van der Waals surface area contributed by atoms with E-state index in [9.17, 15) is 19.5 Å². The number of nitrogens with zero attached hydrogens (tertiary/aromatic N) is 1. The summed E-state index contributed by atoms with van der Waals surface area (Å²) < 4.78 is 10.1. The van der Waals surface area contributed by atoms with Gasteiger partial charge in [0, 0.05) is 19.0 Å². The van der Waals surface area contributed by atoms with E-state index < -0.39 is 5.97 Å². The van der Waals surface area contributed by atoms with Crippen LogP contribution in [0.1, 0.15) is 23.2 Å². The number of nitrogens with one attached hydrogen (secondary N) is 1. The number of benzene rings is 2. The van der Waals surface area contributed by atoms with Crippen molar-refractivity contribution in [3.8, 4) is 11.5 Å². The fourth-order valence-electron chi connectivity index (χ4n) is 3.30. The largest absolute Gasteiger partial charge is 0.505 e. The van der Waals surface area contributed by atoms with Crippen LogP contribution in [0.3, 0.4) is 0 Å². The molecule has 0 aliphatic carbocycles. The van der Waals surface area contributed by atoms with Gasteiger partial charge in [-0.05, 0) is 37.1 Å².